The van der Waals surface area contributed by atoms with E-state index in [-0.39, 0.29) is 12.4 Å². The summed E-state index contributed by atoms with van der Waals surface area (Å²) in [5, 5.41) is 11.3. The Morgan fingerprint density at radius 3 is 2.67 bits per heavy atom. The number of hydrogen-bond donors (Lipinski definition) is 1. The van der Waals surface area contributed by atoms with E-state index in [0.717, 1.165) is 0 Å². The largest absolute Gasteiger partial charge is 0.481 e. The van der Waals surface area contributed by atoms with Gasteiger partial charge in [0.05, 0.1) is 11.6 Å². The molecule has 0 atom stereocenters. The summed E-state index contributed by atoms with van der Waals surface area (Å²) in [5.41, 5.74) is 1.04. The van der Waals surface area contributed by atoms with Crippen molar-refractivity contribution in [3.05, 3.63) is 58.3 Å². The first-order valence-corrected chi connectivity index (χ1v) is 6.75. The van der Waals surface area contributed by atoms with Gasteiger partial charge in [0.2, 0.25) is 0 Å². The van der Waals surface area contributed by atoms with E-state index in [1.165, 1.54) is 12.1 Å². The van der Waals surface area contributed by atoms with Crippen molar-refractivity contribution >= 4 is 27.5 Å². The van der Waals surface area contributed by atoms with Crippen LogP contribution in [0.2, 0.25) is 0 Å². The molecular weight excluding hydrogens is 339 g/mol. The Morgan fingerprint density at radius 1 is 1.29 bits per heavy atom. The summed E-state index contributed by atoms with van der Waals surface area (Å²) in [6, 6.07) is 12.6. The highest BCUT2D eigenvalue weighted by molar-refractivity contribution is 9.10. The van der Waals surface area contributed by atoms with Crippen LogP contribution >= 0.6 is 15.9 Å². The molecule has 0 aromatic heterocycles. The topological polar surface area (TPSA) is 62.1 Å². The number of nitriles is 1. The van der Waals surface area contributed by atoms with Gasteiger partial charge >= 0.3 is 0 Å². The van der Waals surface area contributed by atoms with Crippen LogP contribution in [0.3, 0.4) is 0 Å². The maximum Gasteiger partial charge on any atom is 0.262 e. The average Bonchev–Trinajstić information content (AvgIpc) is 2.49. The second kappa shape index (κ2) is 6.86. The highest BCUT2D eigenvalue weighted by Crippen LogP contribution is 2.22. The van der Waals surface area contributed by atoms with Gasteiger partial charge in [-0.3, -0.25) is 4.79 Å². The molecule has 0 saturated heterocycles. The van der Waals surface area contributed by atoms with Crippen molar-refractivity contribution in [3.8, 4) is 11.8 Å². The third-order valence-corrected chi connectivity index (χ3v) is 3.04. The van der Waals surface area contributed by atoms with Gasteiger partial charge in [-0.1, -0.05) is 15.9 Å². The molecule has 0 spiro atoms. The molecule has 0 bridgehead atoms. The molecule has 0 aliphatic rings. The minimum Gasteiger partial charge on any atom is -0.481 e. The third-order valence-electron chi connectivity index (χ3n) is 2.55. The molecule has 0 aliphatic heterocycles. The van der Waals surface area contributed by atoms with Crippen LogP contribution in [-0.4, -0.2) is 12.5 Å². The van der Waals surface area contributed by atoms with Gasteiger partial charge in [0.1, 0.15) is 0 Å². The highest BCUT2D eigenvalue weighted by atomic mass is 79.9. The molecule has 0 radical (unpaired) electrons. The Morgan fingerprint density at radius 2 is 2.00 bits per heavy atom. The summed E-state index contributed by atoms with van der Waals surface area (Å²) < 4.78 is 19.2. The fourth-order valence-corrected chi connectivity index (χ4v) is 1.90. The molecule has 4 nitrogen and oxygen atoms in total. The first-order chi connectivity index (χ1) is 10.1. The van der Waals surface area contributed by atoms with Gasteiger partial charge in [-0.25, -0.2) is 4.39 Å². The molecule has 0 saturated carbocycles. The predicted octanol–water partition coefficient (Wildman–Crippen LogP) is 3.48. The zero-order valence-corrected chi connectivity index (χ0v) is 12.4. The van der Waals surface area contributed by atoms with Crippen LogP contribution in [-0.2, 0) is 4.79 Å². The number of carbonyl (C=O) groups is 1. The van der Waals surface area contributed by atoms with Crippen LogP contribution < -0.4 is 10.1 Å². The van der Waals surface area contributed by atoms with Crippen molar-refractivity contribution in [2.24, 2.45) is 0 Å². The lowest BCUT2D eigenvalue weighted by Gasteiger charge is -2.08. The number of ether oxygens (including phenoxy) is 1. The van der Waals surface area contributed by atoms with Crippen LogP contribution in [0.25, 0.3) is 0 Å². The minimum absolute atomic E-state index is 0.000599. The Bertz CT molecular complexity index is 696. The Kier molecular flexibility index (Phi) is 4.90. The maximum absolute atomic E-state index is 13.4. The van der Waals surface area contributed by atoms with Crippen molar-refractivity contribution in [1.82, 2.24) is 0 Å². The smallest absolute Gasteiger partial charge is 0.262 e. The van der Waals surface area contributed by atoms with E-state index < -0.39 is 11.7 Å². The monoisotopic (exact) mass is 348 g/mol. The number of nitrogens with zero attached hydrogens (tertiary/aromatic N) is 1. The number of carbonyl (C=O) groups excluding carboxylic acids is 1. The summed E-state index contributed by atoms with van der Waals surface area (Å²) in [6.45, 7) is -0.312. The number of hydrogen-bond acceptors (Lipinski definition) is 3. The second-order valence-corrected chi connectivity index (χ2v) is 5.02. The molecule has 21 heavy (non-hydrogen) atoms. The number of nitrogens with one attached hydrogen (secondary N) is 1. The van der Waals surface area contributed by atoms with Gasteiger partial charge in [0, 0.05) is 10.2 Å². The number of anilines is 1. The molecule has 0 fully saturated rings. The van der Waals surface area contributed by atoms with Crippen LogP contribution in [0.5, 0.6) is 5.75 Å². The average molecular weight is 349 g/mol. The summed E-state index contributed by atoms with van der Waals surface area (Å²) in [5.74, 6) is -0.956. The molecule has 2 rings (SSSR count). The van der Waals surface area contributed by atoms with Gasteiger partial charge in [-0.15, -0.1) is 0 Å². The van der Waals surface area contributed by atoms with Crippen molar-refractivity contribution in [3.63, 3.8) is 0 Å². The summed E-state index contributed by atoms with van der Waals surface area (Å²) in [6.07, 6.45) is 0. The van der Waals surface area contributed by atoms with Crippen LogP contribution in [0, 0.1) is 17.1 Å². The standard InChI is InChI=1S/C15H10BrFN2O2/c16-11-3-6-13(17)14(7-11)21-9-15(20)19-12-4-1-10(8-18)2-5-12/h1-7H,9H2,(H,19,20). The molecular formula is C15H10BrFN2O2. The summed E-state index contributed by atoms with van der Waals surface area (Å²) >= 11 is 3.20. The predicted molar refractivity (Wildman–Crippen MR) is 79.4 cm³/mol. The molecule has 1 N–H and O–H groups in total. The number of benzene rings is 2. The van der Waals surface area contributed by atoms with Crippen LogP contribution in [0.4, 0.5) is 10.1 Å². The Balaban J connectivity index is 1.92. The minimum atomic E-state index is -0.538. The van der Waals surface area contributed by atoms with Gasteiger partial charge in [-0.2, -0.15) is 5.26 Å². The normalized spacial score (nSPS) is 9.76. The van der Waals surface area contributed by atoms with Crippen molar-refractivity contribution in [2.45, 2.75) is 0 Å². The quantitative estimate of drug-likeness (QED) is 0.919. The molecule has 2 aromatic rings. The van der Waals surface area contributed by atoms with Crippen molar-refractivity contribution in [1.29, 1.82) is 5.26 Å². The number of halogens is 2. The van der Waals surface area contributed by atoms with E-state index in [4.69, 9.17) is 10.00 Å². The zero-order chi connectivity index (χ0) is 15.2. The van der Waals surface area contributed by atoms with Gasteiger partial charge < -0.3 is 10.1 Å². The maximum atomic E-state index is 13.4. The van der Waals surface area contributed by atoms with Crippen molar-refractivity contribution in [2.75, 3.05) is 11.9 Å². The fraction of sp³-hybridized carbons (Fsp3) is 0.0667. The van der Waals surface area contributed by atoms with E-state index >= 15 is 0 Å². The lowest BCUT2D eigenvalue weighted by atomic mass is 10.2. The molecule has 0 unspecified atom stereocenters. The van der Waals surface area contributed by atoms with E-state index in [1.807, 2.05) is 6.07 Å². The second-order valence-electron chi connectivity index (χ2n) is 4.10. The molecule has 106 valence electrons. The number of amides is 1. The van der Waals surface area contributed by atoms with Gasteiger partial charge in [-0.05, 0) is 42.5 Å². The Labute approximate surface area is 129 Å². The highest BCUT2D eigenvalue weighted by Gasteiger charge is 2.08. The van der Waals surface area contributed by atoms with Crippen molar-refractivity contribution < 1.29 is 13.9 Å². The third kappa shape index (κ3) is 4.29. The summed E-state index contributed by atoms with van der Waals surface area (Å²) in [7, 11) is 0. The lowest BCUT2D eigenvalue weighted by Crippen LogP contribution is -2.20. The lowest BCUT2D eigenvalue weighted by molar-refractivity contribution is -0.118. The van der Waals surface area contributed by atoms with Crippen LogP contribution in [0.15, 0.2) is 46.9 Å². The zero-order valence-electron chi connectivity index (χ0n) is 10.8. The Hall–Kier alpha value is -2.39. The van der Waals surface area contributed by atoms with E-state index in [0.29, 0.717) is 15.7 Å². The fourth-order valence-electron chi connectivity index (χ4n) is 1.56. The first kappa shape index (κ1) is 15.0. The molecule has 0 heterocycles. The van der Waals surface area contributed by atoms with E-state index in [2.05, 4.69) is 21.2 Å². The molecule has 2 aromatic carbocycles. The van der Waals surface area contributed by atoms with Gasteiger partial charge in [0.25, 0.3) is 5.91 Å². The van der Waals surface area contributed by atoms with Crippen LogP contribution in [0.1, 0.15) is 5.56 Å². The van der Waals surface area contributed by atoms with E-state index in [9.17, 15) is 9.18 Å². The summed E-state index contributed by atoms with van der Waals surface area (Å²) in [4.78, 5) is 11.7. The number of rotatable bonds is 4. The van der Waals surface area contributed by atoms with E-state index in [1.54, 1.807) is 30.3 Å². The SMILES string of the molecule is N#Cc1ccc(NC(=O)COc2cc(Br)ccc2F)cc1. The molecule has 0 aliphatic carbocycles. The molecule has 6 heteroatoms. The van der Waals surface area contributed by atoms with Gasteiger partial charge in [0.15, 0.2) is 18.2 Å². The molecule has 1 amide bonds. The first-order valence-electron chi connectivity index (χ1n) is 5.96.